The van der Waals surface area contributed by atoms with Crippen LogP contribution in [0.2, 0.25) is 0 Å². The molecule has 0 bridgehead atoms. The summed E-state index contributed by atoms with van der Waals surface area (Å²) < 4.78 is 6.64. The van der Waals surface area contributed by atoms with Crippen LogP contribution < -0.4 is 0 Å². The van der Waals surface area contributed by atoms with E-state index in [0.29, 0.717) is 0 Å². The number of hydrogen-bond donors (Lipinski definition) is 0. The zero-order chi connectivity index (χ0) is 31.0. The highest BCUT2D eigenvalue weighted by Gasteiger charge is 2.34. The predicted octanol–water partition coefficient (Wildman–Crippen LogP) is 7.99. The lowest BCUT2D eigenvalue weighted by Crippen LogP contribution is -2.49. The highest BCUT2D eigenvalue weighted by atomic mass is 15.5. The van der Waals surface area contributed by atoms with Gasteiger partial charge in [-0.25, -0.2) is 15.3 Å². The molecule has 0 aliphatic carbocycles. The molecule has 0 saturated carbocycles. The average Bonchev–Trinajstić information content (AvgIpc) is 3.42. The Labute approximate surface area is 245 Å². The van der Waals surface area contributed by atoms with Crippen LogP contribution in [-0.4, -0.2) is 36.2 Å². The van der Waals surface area contributed by atoms with Crippen molar-refractivity contribution in [2.24, 2.45) is 0 Å². The molecule has 0 spiro atoms. The van der Waals surface area contributed by atoms with E-state index in [1.54, 1.807) is 0 Å². The van der Waals surface area contributed by atoms with Gasteiger partial charge in [0.2, 0.25) is 0 Å². The van der Waals surface area contributed by atoms with Crippen LogP contribution in [0.3, 0.4) is 0 Å². The minimum Gasteiger partial charge on any atom is -0.422 e. The third-order valence-electron chi connectivity index (χ3n) is 7.47. The molecule has 0 unspecified atom stereocenters. The molecule has 3 rings (SSSR count). The van der Waals surface area contributed by atoms with Gasteiger partial charge in [0.15, 0.2) is 0 Å². The van der Waals surface area contributed by atoms with Crippen molar-refractivity contribution in [3.8, 4) is 0 Å². The van der Waals surface area contributed by atoms with Crippen LogP contribution in [0.25, 0.3) is 0 Å². The second kappa shape index (κ2) is 9.63. The summed E-state index contributed by atoms with van der Waals surface area (Å²) in [5, 5.41) is 16.2. The van der Waals surface area contributed by atoms with Crippen molar-refractivity contribution >= 4 is 7.12 Å². The summed E-state index contributed by atoms with van der Waals surface area (Å²) >= 11 is 0. The van der Waals surface area contributed by atoms with Gasteiger partial charge in [-0.3, -0.25) is 0 Å². The maximum Gasteiger partial charge on any atom is 0.261 e. The summed E-state index contributed by atoms with van der Waals surface area (Å²) in [6.07, 6.45) is 0. The Morgan fingerprint density at radius 1 is 0.375 bits per heavy atom. The van der Waals surface area contributed by atoms with Crippen LogP contribution in [0.1, 0.15) is 159 Å². The molecule has 0 aliphatic heterocycles. The minimum atomic E-state index is -0.402. The minimum absolute atomic E-state index is 0.100. The fraction of sp³-hybridized carbons (Fsp3) is 0.727. The molecule has 0 fully saturated rings. The van der Waals surface area contributed by atoms with Crippen molar-refractivity contribution in [2.45, 2.75) is 157 Å². The standard InChI is InChI=1S/C33H57BN6/c1-28(2,3)22-19-25(31(10,11)12)38(35-22)34(39-26(32(13,14)15)20-23(36-39)29(4,5)6)40-27(33(16,17)18)21-24(37-40)30(7,8)9/h19-21H,1-18H3/q-1. The van der Waals surface area contributed by atoms with Gasteiger partial charge in [-0.2, -0.15) is 0 Å². The molecule has 0 amide bonds. The van der Waals surface area contributed by atoms with E-state index in [9.17, 15) is 0 Å². The van der Waals surface area contributed by atoms with E-state index in [0.717, 1.165) is 17.1 Å². The fourth-order valence-corrected chi connectivity index (χ4v) is 4.80. The van der Waals surface area contributed by atoms with Gasteiger partial charge in [0.25, 0.3) is 7.12 Å². The number of nitrogens with zero attached hydrogens (tertiary/aromatic N) is 6. The van der Waals surface area contributed by atoms with Crippen LogP contribution in [0.15, 0.2) is 18.2 Å². The van der Waals surface area contributed by atoms with E-state index in [2.05, 4.69) is 157 Å². The summed E-state index contributed by atoms with van der Waals surface area (Å²) in [7, 11) is -0.402. The first-order valence-corrected chi connectivity index (χ1v) is 14.9. The Morgan fingerprint density at radius 3 is 0.725 bits per heavy atom. The Kier molecular flexibility index (Phi) is 7.75. The molecule has 3 aromatic heterocycles. The molecule has 7 heteroatoms. The van der Waals surface area contributed by atoms with Gasteiger partial charge in [0.1, 0.15) is 0 Å². The van der Waals surface area contributed by atoms with Crippen LogP contribution in [0.4, 0.5) is 0 Å². The molecule has 40 heavy (non-hydrogen) atoms. The molecule has 223 valence electrons. The Balaban J connectivity index is 2.60. The molecular weight excluding hydrogens is 491 g/mol. The van der Waals surface area contributed by atoms with E-state index in [-0.39, 0.29) is 32.5 Å². The average molecular weight is 549 g/mol. The largest absolute Gasteiger partial charge is 0.422 e. The summed E-state index contributed by atoms with van der Waals surface area (Å²) in [6.45, 7) is 40.6. The molecule has 1 radical (unpaired) electrons. The summed E-state index contributed by atoms with van der Waals surface area (Å²) in [6, 6.07) is 6.88. The van der Waals surface area contributed by atoms with E-state index in [4.69, 9.17) is 15.3 Å². The Bertz CT molecular complexity index is 1180. The molecule has 0 aliphatic rings. The maximum atomic E-state index is 5.39. The third-order valence-corrected chi connectivity index (χ3v) is 7.47. The number of hydrogen-bond acceptors (Lipinski definition) is 3. The van der Waals surface area contributed by atoms with Crippen LogP contribution in [0, 0.1) is 0 Å². The first kappa shape index (κ1) is 32.2. The van der Waals surface area contributed by atoms with Crippen LogP contribution in [0.5, 0.6) is 0 Å². The van der Waals surface area contributed by atoms with E-state index < -0.39 is 7.12 Å². The lowest BCUT2D eigenvalue weighted by Gasteiger charge is -2.40. The zero-order valence-electron chi connectivity index (χ0n) is 29.0. The molecule has 6 nitrogen and oxygen atoms in total. The van der Waals surface area contributed by atoms with Gasteiger partial charge in [-0.05, 0) is 34.4 Å². The zero-order valence-corrected chi connectivity index (χ0v) is 29.0. The van der Waals surface area contributed by atoms with Crippen molar-refractivity contribution in [1.82, 2.24) is 29.1 Å². The topological polar surface area (TPSA) is 53.5 Å². The van der Waals surface area contributed by atoms with Crippen LogP contribution in [-0.2, 0) is 32.5 Å². The van der Waals surface area contributed by atoms with Crippen molar-refractivity contribution in [3.63, 3.8) is 0 Å². The molecule has 0 aromatic carbocycles. The summed E-state index contributed by atoms with van der Waals surface area (Å²) in [4.78, 5) is 0. The highest BCUT2D eigenvalue weighted by molar-refractivity contribution is 6.53. The first-order valence-electron chi connectivity index (χ1n) is 14.9. The smallest absolute Gasteiger partial charge is 0.261 e. The second-order valence-corrected chi connectivity index (χ2v) is 17.9. The first-order chi connectivity index (χ1) is 17.6. The van der Waals surface area contributed by atoms with Crippen molar-refractivity contribution in [3.05, 3.63) is 52.4 Å². The van der Waals surface area contributed by atoms with Crippen LogP contribution >= 0.6 is 0 Å². The van der Waals surface area contributed by atoms with Crippen molar-refractivity contribution in [2.75, 3.05) is 0 Å². The fourth-order valence-electron chi connectivity index (χ4n) is 4.80. The van der Waals surface area contributed by atoms with Gasteiger partial charge in [-0.15, -0.1) is 0 Å². The molecular formula is C33H57BN6-. The van der Waals surface area contributed by atoms with Gasteiger partial charge >= 0.3 is 0 Å². The third kappa shape index (κ3) is 6.44. The van der Waals surface area contributed by atoms with Crippen molar-refractivity contribution < 1.29 is 0 Å². The van der Waals surface area contributed by atoms with Crippen molar-refractivity contribution in [1.29, 1.82) is 0 Å². The second-order valence-electron chi connectivity index (χ2n) is 17.9. The lowest BCUT2D eigenvalue weighted by atomic mass is 9.81. The molecule has 3 heterocycles. The van der Waals surface area contributed by atoms with E-state index in [1.165, 1.54) is 17.1 Å². The Hall–Kier alpha value is -2.31. The van der Waals surface area contributed by atoms with E-state index >= 15 is 0 Å². The molecule has 3 aromatic rings. The molecule has 0 saturated heterocycles. The van der Waals surface area contributed by atoms with E-state index in [1.807, 2.05) is 0 Å². The van der Waals surface area contributed by atoms with Gasteiger partial charge in [0.05, 0.1) is 17.1 Å². The normalized spacial score (nSPS) is 14.5. The van der Waals surface area contributed by atoms with Gasteiger partial charge in [0, 0.05) is 33.3 Å². The number of rotatable bonds is 3. The molecule has 0 N–H and O–H groups in total. The predicted molar refractivity (Wildman–Crippen MR) is 171 cm³/mol. The monoisotopic (exact) mass is 548 g/mol. The number of aromatic nitrogens is 6. The summed E-state index contributed by atoms with van der Waals surface area (Å²) in [5.41, 5.74) is 6.00. The SMILES string of the molecule is CC(C)(C)c1cc(C(C)(C)C)n([B-](n2nc(C(C)(C)C)cc2C(C)(C)C)n2nc(C(C)(C)C)cc2C(C)(C)C)n1. The van der Waals surface area contributed by atoms with Gasteiger partial charge < -0.3 is 13.8 Å². The Morgan fingerprint density at radius 2 is 0.575 bits per heavy atom. The van der Waals surface area contributed by atoms with Gasteiger partial charge in [-0.1, -0.05) is 125 Å². The summed E-state index contributed by atoms with van der Waals surface area (Å²) in [5.74, 6) is 0. The lowest BCUT2D eigenvalue weighted by molar-refractivity contribution is 0.507. The quantitative estimate of drug-likeness (QED) is 0.312. The maximum absolute atomic E-state index is 5.39. The highest BCUT2D eigenvalue weighted by Crippen LogP contribution is 2.35. The molecule has 0 atom stereocenters.